The largest absolute Gasteiger partial charge is 0.312 e. The minimum Gasteiger partial charge on any atom is -0.312 e. The van der Waals surface area contributed by atoms with Gasteiger partial charge in [0.15, 0.2) is 5.65 Å². The molecule has 1 atom stereocenters. The zero-order valence-electron chi connectivity index (χ0n) is 12.1. The van der Waals surface area contributed by atoms with Crippen LogP contribution in [0.5, 0.6) is 0 Å². The van der Waals surface area contributed by atoms with Crippen LogP contribution >= 0.6 is 22.9 Å². The number of thiazole rings is 1. The highest BCUT2D eigenvalue weighted by molar-refractivity contribution is 7.09. The molecule has 0 aromatic carbocycles. The summed E-state index contributed by atoms with van der Waals surface area (Å²) in [6, 6.07) is 1.99. The molecule has 3 heterocycles. The SMILES string of the molecule is Cc1ccnc2c1nc(CCCl)n2CC(C)c1nccs1. The van der Waals surface area contributed by atoms with Gasteiger partial charge in [0.2, 0.25) is 0 Å². The average molecular weight is 321 g/mol. The van der Waals surface area contributed by atoms with E-state index >= 15 is 0 Å². The minimum absolute atomic E-state index is 0.332. The number of alkyl halides is 1. The maximum absolute atomic E-state index is 5.93. The number of fused-ring (bicyclic) bond motifs is 1. The lowest BCUT2D eigenvalue weighted by Crippen LogP contribution is -2.10. The molecule has 0 spiro atoms. The monoisotopic (exact) mass is 320 g/mol. The summed E-state index contributed by atoms with van der Waals surface area (Å²) in [5.41, 5.74) is 3.07. The number of hydrogen-bond donors (Lipinski definition) is 0. The topological polar surface area (TPSA) is 43.6 Å². The molecular formula is C15H17ClN4S. The van der Waals surface area contributed by atoms with Gasteiger partial charge in [0.1, 0.15) is 11.3 Å². The van der Waals surface area contributed by atoms with Crippen LogP contribution < -0.4 is 0 Å². The molecule has 0 aliphatic carbocycles. The van der Waals surface area contributed by atoms with Crippen molar-refractivity contribution in [1.82, 2.24) is 19.5 Å². The molecule has 1 unspecified atom stereocenters. The van der Waals surface area contributed by atoms with Crippen molar-refractivity contribution in [2.75, 3.05) is 5.88 Å². The lowest BCUT2D eigenvalue weighted by atomic mass is 10.2. The predicted octanol–water partition coefficient (Wildman–Crippen LogP) is 3.78. The molecule has 3 aromatic rings. The van der Waals surface area contributed by atoms with Crippen LogP contribution in [0.2, 0.25) is 0 Å². The Hall–Kier alpha value is -1.46. The second-order valence-corrected chi connectivity index (χ2v) is 6.45. The van der Waals surface area contributed by atoms with Crippen molar-refractivity contribution in [3.63, 3.8) is 0 Å². The molecule has 0 N–H and O–H groups in total. The number of hydrogen-bond acceptors (Lipinski definition) is 4. The third-order valence-electron chi connectivity index (χ3n) is 3.56. The minimum atomic E-state index is 0.332. The summed E-state index contributed by atoms with van der Waals surface area (Å²) >= 11 is 7.62. The van der Waals surface area contributed by atoms with Gasteiger partial charge in [-0.05, 0) is 18.6 Å². The van der Waals surface area contributed by atoms with E-state index in [2.05, 4.69) is 28.4 Å². The molecule has 0 bridgehead atoms. The van der Waals surface area contributed by atoms with E-state index in [1.165, 1.54) is 0 Å². The maximum Gasteiger partial charge on any atom is 0.160 e. The first kappa shape index (κ1) is 14.5. The Morgan fingerprint density at radius 3 is 2.90 bits per heavy atom. The second kappa shape index (κ2) is 6.12. The Labute approximate surface area is 132 Å². The Balaban J connectivity index is 2.03. The van der Waals surface area contributed by atoms with Crippen molar-refractivity contribution < 1.29 is 0 Å². The van der Waals surface area contributed by atoms with Gasteiger partial charge in [-0.2, -0.15) is 0 Å². The van der Waals surface area contributed by atoms with Crippen LogP contribution in [0.4, 0.5) is 0 Å². The fourth-order valence-electron chi connectivity index (χ4n) is 2.48. The van der Waals surface area contributed by atoms with Crippen molar-refractivity contribution in [2.24, 2.45) is 0 Å². The highest BCUT2D eigenvalue weighted by Gasteiger charge is 2.17. The molecule has 3 aromatic heterocycles. The van der Waals surface area contributed by atoms with Gasteiger partial charge in [-0.3, -0.25) is 0 Å². The van der Waals surface area contributed by atoms with Crippen LogP contribution in [0.3, 0.4) is 0 Å². The van der Waals surface area contributed by atoms with E-state index in [-0.39, 0.29) is 0 Å². The van der Waals surface area contributed by atoms with Crippen molar-refractivity contribution >= 4 is 34.1 Å². The average Bonchev–Trinajstić information content (AvgIpc) is 3.10. The van der Waals surface area contributed by atoms with Crippen LogP contribution in [-0.4, -0.2) is 25.4 Å². The molecule has 0 saturated carbocycles. The zero-order chi connectivity index (χ0) is 14.8. The van der Waals surface area contributed by atoms with Crippen molar-refractivity contribution in [1.29, 1.82) is 0 Å². The highest BCUT2D eigenvalue weighted by Crippen LogP contribution is 2.24. The fraction of sp³-hybridized carbons (Fsp3) is 0.400. The van der Waals surface area contributed by atoms with Crippen LogP contribution in [0.15, 0.2) is 23.8 Å². The van der Waals surface area contributed by atoms with Gasteiger partial charge < -0.3 is 4.57 Å². The number of aromatic nitrogens is 4. The first-order valence-corrected chi connectivity index (χ1v) is 8.38. The van der Waals surface area contributed by atoms with Crippen LogP contribution in [0, 0.1) is 6.92 Å². The molecule has 6 heteroatoms. The summed E-state index contributed by atoms with van der Waals surface area (Å²) < 4.78 is 2.19. The summed E-state index contributed by atoms with van der Waals surface area (Å²) in [7, 11) is 0. The Bertz CT molecular complexity index is 736. The van der Waals surface area contributed by atoms with Gasteiger partial charge in [-0.25, -0.2) is 15.0 Å². The van der Waals surface area contributed by atoms with E-state index in [9.17, 15) is 0 Å². The Morgan fingerprint density at radius 2 is 2.19 bits per heavy atom. The Morgan fingerprint density at radius 1 is 1.33 bits per heavy atom. The van der Waals surface area contributed by atoms with E-state index in [1.54, 1.807) is 11.3 Å². The number of pyridine rings is 1. The molecule has 0 aliphatic heterocycles. The second-order valence-electron chi connectivity index (χ2n) is 5.15. The number of aryl methyl sites for hydroxylation is 2. The van der Waals surface area contributed by atoms with E-state index in [0.717, 1.165) is 40.5 Å². The van der Waals surface area contributed by atoms with Gasteiger partial charge in [0.05, 0.1) is 5.01 Å². The van der Waals surface area contributed by atoms with Gasteiger partial charge in [0.25, 0.3) is 0 Å². The molecule has 0 aliphatic rings. The highest BCUT2D eigenvalue weighted by atomic mass is 35.5. The number of nitrogens with zero attached hydrogens (tertiary/aromatic N) is 4. The smallest absolute Gasteiger partial charge is 0.160 e. The fourth-order valence-corrected chi connectivity index (χ4v) is 3.34. The molecule has 0 saturated heterocycles. The van der Waals surface area contributed by atoms with Gasteiger partial charge in [-0.1, -0.05) is 6.92 Å². The summed E-state index contributed by atoms with van der Waals surface area (Å²) in [4.78, 5) is 13.7. The van der Waals surface area contributed by atoms with Crippen LogP contribution in [0.25, 0.3) is 11.2 Å². The summed E-state index contributed by atoms with van der Waals surface area (Å²) in [6.45, 7) is 5.08. The third-order valence-corrected chi connectivity index (χ3v) is 4.76. The first-order valence-electron chi connectivity index (χ1n) is 6.96. The standard InChI is InChI=1S/C15H17ClN4S/c1-10-4-6-17-14-13(10)19-12(3-5-16)20(14)9-11(2)15-18-7-8-21-15/h4,6-8,11H,3,5,9H2,1-2H3. The van der Waals surface area contributed by atoms with E-state index in [4.69, 9.17) is 16.6 Å². The van der Waals surface area contributed by atoms with Gasteiger partial charge >= 0.3 is 0 Å². The number of rotatable bonds is 5. The van der Waals surface area contributed by atoms with E-state index in [0.29, 0.717) is 11.8 Å². The van der Waals surface area contributed by atoms with Crippen molar-refractivity contribution in [2.45, 2.75) is 32.7 Å². The van der Waals surface area contributed by atoms with Gasteiger partial charge in [-0.15, -0.1) is 22.9 Å². The molecule has 4 nitrogen and oxygen atoms in total. The van der Waals surface area contributed by atoms with E-state index in [1.807, 2.05) is 23.8 Å². The van der Waals surface area contributed by atoms with Gasteiger partial charge in [0, 0.05) is 42.5 Å². The third kappa shape index (κ3) is 2.80. The van der Waals surface area contributed by atoms with Crippen LogP contribution in [-0.2, 0) is 13.0 Å². The summed E-state index contributed by atoms with van der Waals surface area (Å²) in [5, 5.41) is 3.15. The molecule has 3 rings (SSSR count). The molecule has 21 heavy (non-hydrogen) atoms. The molecule has 0 radical (unpaired) electrons. The van der Waals surface area contributed by atoms with E-state index < -0.39 is 0 Å². The van der Waals surface area contributed by atoms with Crippen molar-refractivity contribution in [3.05, 3.63) is 40.2 Å². The van der Waals surface area contributed by atoms with Crippen LogP contribution in [0.1, 0.15) is 29.2 Å². The maximum atomic E-state index is 5.93. The molecule has 110 valence electrons. The molecular weight excluding hydrogens is 304 g/mol. The quantitative estimate of drug-likeness (QED) is 0.672. The zero-order valence-corrected chi connectivity index (χ0v) is 13.7. The molecule has 0 fully saturated rings. The first-order chi connectivity index (χ1) is 10.2. The van der Waals surface area contributed by atoms with Crippen molar-refractivity contribution in [3.8, 4) is 0 Å². The lowest BCUT2D eigenvalue weighted by molar-refractivity contribution is 0.583. The Kier molecular flexibility index (Phi) is 4.22. The lowest BCUT2D eigenvalue weighted by Gasteiger charge is -2.12. The molecule has 0 amide bonds. The summed E-state index contributed by atoms with van der Waals surface area (Å²) in [6.07, 6.45) is 4.45. The normalized spacial score (nSPS) is 12.9. The number of halogens is 1. The summed E-state index contributed by atoms with van der Waals surface area (Å²) in [5.74, 6) is 1.90. The predicted molar refractivity (Wildman–Crippen MR) is 87.2 cm³/mol. The number of imidazole rings is 1.